The number of nitrogen functional groups attached to an aromatic ring is 1. The van der Waals surface area contributed by atoms with Crippen LogP contribution in [0.15, 0.2) is 48.8 Å². The van der Waals surface area contributed by atoms with Gasteiger partial charge in [0, 0.05) is 31.7 Å². The summed E-state index contributed by atoms with van der Waals surface area (Å²) >= 11 is 0. The Kier molecular flexibility index (Phi) is 3.16. The molecular formula is C15H15N5. The zero-order valence-corrected chi connectivity index (χ0v) is 11.2. The Morgan fingerprint density at radius 3 is 2.70 bits per heavy atom. The Labute approximate surface area is 117 Å². The van der Waals surface area contributed by atoms with Crippen LogP contribution in [-0.4, -0.2) is 22.0 Å². The number of hydrogen-bond donors (Lipinski definition) is 1. The fourth-order valence-electron chi connectivity index (χ4n) is 2.07. The Morgan fingerprint density at radius 2 is 1.85 bits per heavy atom. The van der Waals surface area contributed by atoms with E-state index in [2.05, 4.69) is 15.0 Å². The third kappa shape index (κ3) is 2.38. The lowest BCUT2D eigenvalue weighted by Crippen LogP contribution is -2.18. The van der Waals surface area contributed by atoms with Crippen LogP contribution >= 0.6 is 0 Å². The lowest BCUT2D eigenvalue weighted by molar-refractivity contribution is 0.902. The lowest BCUT2D eigenvalue weighted by Gasteiger charge is -2.19. The van der Waals surface area contributed by atoms with Crippen LogP contribution in [0.4, 0.5) is 11.5 Å². The second-order valence-electron chi connectivity index (χ2n) is 4.62. The first kappa shape index (κ1) is 12.3. The zero-order valence-electron chi connectivity index (χ0n) is 11.2. The number of fused-ring (bicyclic) bond motifs is 1. The van der Waals surface area contributed by atoms with Crippen molar-refractivity contribution in [3.63, 3.8) is 0 Å². The van der Waals surface area contributed by atoms with Gasteiger partial charge in [0.1, 0.15) is 11.3 Å². The predicted molar refractivity (Wildman–Crippen MR) is 80.3 cm³/mol. The molecule has 0 aliphatic carbocycles. The summed E-state index contributed by atoms with van der Waals surface area (Å²) in [7, 11) is 1.98. The molecule has 2 N–H and O–H groups in total. The summed E-state index contributed by atoms with van der Waals surface area (Å²) in [6.45, 7) is 0.700. The summed E-state index contributed by atoms with van der Waals surface area (Å²) in [6, 6.07) is 11.7. The van der Waals surface area contributed by atoms with Crippen LogP contribution in [0.2, 0.25) is 0 Å². The summed E-state index contributed by atoms with van der Waals surface area (Å²) < 4.78 is 0. The maximum atomic E-state index is 5.97. The summed E-state index contributed by atoms with van der Waals surface area (Å²) in [5.41, 5.74) is 9.29. The van der Waals surface area contributed by atoms with Gasteiger partial charge in [0.05, 0.1) is 0 Å². The number of benzene rings is 1. The molecule has 1 aromatic carbocycles. The van der Waals surface area contributed by atoms with E-state index in [9.17, 15) is 0 Å². The Hall–Kier alpha value is -2.69. The molecule has 2 heterocycles. The van der Waals surface area contributed by atoms with Gasteiger partial charge in [-0.05, 0) is 23.8 Å². The van der Waals surface area contributed by atoms with E-state index < -0.39 is 0 Å². The smallest absolute Gasteiger partial charge is 0.180 e. The minimum Gasteiger partial charge on any atom is -0.398 e. The first-order valence-electron chi connectivity index (χ1n) is 6.36. The van der Waals surface area contributed by atoms with Gasteiger partial charge in [0.15, 0.2) is 5.65 Å². The number of nitrogens with two attached hydrogens (primary N) is 1. The molecule has 0 saturated heterocycles. The Morgan fingerprint density at radius 1 is 1.05 bits per heavy atom. The van der Waals surface area contributed by atoms with Crippen molar-refractivity contribution in [3.8, 4) is 0 Å². The molecule has 5 heteroatoms. The number of anilines is 2. The molecular weight excluding hydrogens is 250 g/mol. The van der Waals surface area contributed by atoms with E-state index in [0.717, 1.165) is 22.6 Å². The van der Waals surface area contributed by atoms with E-state index >= 15 is 0 Å². The van der Waals surface area contributed by atoms with Crippen molar-refractivity contribution in [2.24, 2.45) is 0 Å². The number of rotatable bonds is 3. The van der Waals surface area contributed by atoms with Crippen LogP contribution in [0, 0.1) is 0 Å². The van der Waals surface area contributed by atoms with Crippen molar-refractivity contribution in [1.82, 2.24) is 15.0 Å². The standard InChI is InChI=1S/C15H15N5/c1-20(10-11-4-2-3-5-12(11)16)14-7-6-13-15(19-14)18-9-8-17-13/h2-9H,10,16H2,1H3. The molecule has 3 rings (SSSR count). The van der Waals surface area contributed by atoms with Gasteiger partial charge >= 0.3 is 0 Å². The quantitative estimate of drug-likeness (QED) is 0.736. The van der Waals surface area contributed by atoms with Gasteiger partial charge in [0.25, 0.3) is 0 Å². The zero-order chi connectivity index (χ0) is 13.9. The first-order chi connectivity index (χ1) is 9.74. The monoisotopic (exact) mass is 265 g/mol. The summed E-state index contributed by atoms with van der Waals surface area (Å²) in [4.78, 5) is 15.0. The largest absolute Gasteiger partial charge is 0.398 e. The summed E-state index contributed by atoms with van der Waals surface area (Å²) in [6.07, 6.45) is 3.31. The molecule has 0 bridgehead atoms. The number of pyridine rings is 1. The summed E-state index contributed by atoms with van der Waals surface area (Å²) in [5, 5.41) is 0. The molecule has 0 fully saturated rings. The third-order valence-electron chi connectivity index (χ3n) is 3.17. The molecule has 0 aliphatic rings. The number of aromatic nitrogens is 3. The Balaban J connectivity index is 1.89. The van der Waals surface area contributed by atoms with Crippen LogP contribution in [-0.2, 0) is 6.54 Å². The van der Waals surface area contributed by atoms with E-state index in [0.29, 0.717) is 12.2 Å². The molecule has 0 unspecified atom stereocenters. The SMILES string of the molecule is CN(Cc1ccccc1N)c1ccc2nccnc2n1. The van der Waals surface area contributed by atoms with Crippen molar-refractivity contribution in [1.29, 1.82) is 0 Å². The number of para-hydroxylation sites is 1. The topological polar surface area (TPSA) is 67.9 Å². The second kappa shape index (κ2) is 5.13. The van der Waals surface area contributed by atoms with Gasteiger partial charge in [-0.3, -0.25) is 4.98 Å². The first-order valence-corrected chi connectivity index (χ1v) is 6.36. The molecule has 0 saturated carbocycles. The third-order valence-corrected chi connectivity index (χ3v) is 3.17. The number of nitrogens with zero attached hydrogens (tertiary/aromatic N) is 4. The second-order valence-corrected chi connectivity index (χ2v) is 4.62. The maximum Gasteiger partial charge on any atom is 0.180 e. The van der Waals surface area contributed by atoms with E-state index in [4.69, 9.17) is 5.73 Å². The minimum absolute atomic E-state index is 0.651. The van der Waals surface area contributed by atoms with E-state index in [1.165, 1.54) is 0 Å². The highest BCUT2D eigenvalue weighted by Crippen LogP contribution is 2.18. The molecule has 20 heavy (non-hydrogen) atoms. The maximum absolute atomic E-state index is 5.97. The van der Waals surface area contributed by atoms with E-state index in [-0.39, 0.29) is 0 Å². The molecule has 0 atom stereocenters. The van der Waals surface area contributed by atoms with Crippen molar-refractivity contribution < 1.29 is 0 Å². The normalized spacial score (nSPS) is 10.7. The van der Waals surface area contributed by atoms with Crippen molar-refractivity contribution in [3.05, 3.63) is 54.4 Å². The van der Waals surface area contributed by atoms with Gasteiger partial charge in [-0.1, -0.05) is 18.2 Å². The minimum atomic E-state index is 0.651. The molecule has 0 spiro atoms. The van der Waals surface area contributed by atoms with Crippen LogP contribution < -0.4 is 10.6 Å². The fraction of sp³-hybridized carbons (Fsp3) is 0.133. The predicted octanol–water partition coefficient (Wildman–Crippen LogP) is 2.24. The molecule has 0 radical (unpaired) electrons. The van der Waals surface area contributed by atoms with Gasteiger partial charge in [-0.25, -0.2) is 9.97 Å². The van der Waals surface area contributed by atoms with Crippen LogP contribution in [0.1, 0.15) is 5.56 Å². The van der Waals surface area contributed by atoms with Crippen LogP contribution in [0.3, 0.4) is 0 Å². The molecule has 0 aliphatic heterocycles. The molecule has 0 amide bonds. The fourth-order valence-corrected chi connectivity index (χ4v) is 2.07. The van der Waals surface area contributed by atoms with Gasteiger partial charge in [-0.2, -0.15) is 0 Å². The Bertz CT molecular complexity index is 741. The van der Waals surface area contributed by atoms with Crippen molar-refractivity contribution in [2.75, 3.05) is 17.7 Å². The van der Waals surface area contributed by atoms with Crippen LogP contribution in [0.5, 0.6) is 0 Å². The van der Waals surface area contributed by atoms with Crippen molar-refractivity contribution in [2.45, 2.75) is 6.54 Å². The highest BCUT2D eigenvalue weighted by molar-refractivity contribution is 5.71. The van der Waals surface area contributed by atoms with E-state index in [1.54, 1.807) is 12.4 Å². The van der Waals surface area contributed by atoms with E-state index in [1.807, 2.05) is 48.3 Å². The lowest BCUT2D eigenvalue weighted by atomic mass is 10.2. The summed E-state index contributed by atoms with van der Waals surface area (Å²) in [5.74, 6) is 0.848. The average molecular weight is 265 g/mol. The highest BCUT2D eigenvalue weighted by atomic mass is 15.2. The highest BCUT2D eigenvalue weighted by Gasteiger charge is 2.07. The van der Waals surface area contributed by atoms with Crippen molar-refractivity contribution >= 4 is 22.7 Å². The number of hydrogen-bond acceptors (Lipinski definition) is 5. The van der Waals surface area contributed by atoms with Crippen LogP contribution in [0.25, 0.3) is 11.2 Å². The molecule has 3 aromatic rings. The van der Waals surface area contributed by atoms with Gasteiger partial charge in [-0.15, -0.1) is 0 Å². The molecule has 100 valence electrons. The molecule has 2 aromatic heterocycles. The average Bonchev–Trinajstić information content (AvgIpc) is 2.49. The molecule has 5 nitrogen and oxygen atoms in total. The van der Waals surface area contributed by atoms with Gasteiger partial charge in [0.2, 0.25) is 0 Å². The van der Waals surface area contributed by atoms with Gasteiger partial charge < -0.3 is 10.6 Å².